The SMILES string of the molecule is CC(=O)C(=CN(C)C)c1cc(C)cc(C)n1. The van der Waals surface area contributed by atoms with Crippen LogP contribution in [0.2, 0.25) is 0 Å². The van der Waals surface area contributed by atoms with Gasteiger partial charge in [-0.1, -0.05) is 0 Å². The van der Waals surface area contributed by atoms with Gasteiger partial charge in [0.2, 0.25) is 0 Å². The van der Waals surface area contributed by atoms with E-state index in [2.05, 4.69) is 4.98 Å². The Morgan fingerprint density at radius 1 is 1.31 bits per heavy atom. The van der Waals surface area contributed by atoms with Gasteiger partial charge in [0.25, 0.3) is 0 Å². The second-order valence-electron chi connectivity index (χ2n) is 4.23. The molecular weight excluding hydrogens is 200 g/mol. The maximum absolute atomic E-state index is 11.6. The van der Waals surface area contributed by atoms with Gasteiger partial charge in [0.15, 0.2) is 5.78 Å². The van der Waals surface area contributed by atoms with E-state index in [1.165, 1.54) is 0 Å². The predicted molar refractivity (Wildman–Crippen MR) is 66.1 cm³/mol. The summed E-state index contributed by atoms with van der Waals surface area (Å²) in [5.41, 5.74) is 3.45. The Kier molecular flexibility index (Phi) is 3.82. The summed E-state index contributed by atoms with van der Waals surface area (Å²) in [7, 11) is 3.79. The minimum absolute atomic E-state index is 0.0335. The van der Waals surface area contributed by atoms with E-state index in [0.29, 0.717) is 5.57 Å². The number of Topliss-reactive ketones (excluding diaryl/α,β-unsaturated/α-hetero) is 1. The van der Waals surface area contributed by atoms with E-state index in [0.717, 1.165) is 17.0 Å². The monoisotopic (exact) mass is 218 g/mol. The van der Waals surface area contributed by atoms with E-state index in [4.69, 9.17) is 0 Å². The van der Waals surface area contributed by atoms with E-state index in [1.807, 2.05) is 51.2 Å². The number of carbonyl (C=O) groups excluding carboxylic acids is 1. The largest absolute Gasteiger partial charge is 0.383 e. The first-order valence-electron chi connectivity index (χ1n) is 5.25. The van der Waals surface area contributed by atoms with Crippen molar-refractivity contribution < 1.29 is 4.79 Å². The minimum atomic E-state index is 0.0335. The predicted octanol–water partition coefficient (Wildman–Crippen LogP) is 2.19. The lowest BCUT2D eigenvalue weighted by molar-refractivity contribution is -0.111. The lowest BCUT2D eigenvalue weighted by atomic mass is 10.1. The summed E-state index contributed by atoms with van der Waals surface area (Å²) in [5.74, 6) is 0.0335. The molecule has 0 aliphatic rings. The number of carbonyl (C=O) groups is 1. The third kappa shape index (κ3) is 3.19. The molecule has 0 aliphatic heterocycles. The van der Waals surface area contributed by atoms with Crippen LogP contribution in [-0.2, 0) is 4.79 Å². The smallest absolute Gasteiger partial charge is 0.163 e. The number of hydrogen-bond donors (Lipinski definition) is 0. The molecule has 0 aliphatic carbocycles. The number of aromatic nitrogens is 1. The molecule has 0 radical (unpaired) electrons. The Morgan fingerprint density at radius 3 is 2.38 bits per heavy atom. The summed E-state index contributed by atoms with van der Waals surface area (Å²) in [6.07, 6.45) is 1.81. The molecule has 1 rings (SSSR count). The van der Waals surface area contributed by atoms with Crippen molar-refractivity contribution in [3.05, 3.63) is 35.3 Å². The molecular formula is C13H18N2O. The van der Waals surface area contributed by atoms with Crippen LogP contribution in [0.25, 0.3) is 5.57 Å². The van der Waals surface area contributed by atoms with Crippen molar-refractivity contribution in [1.82, 2.24) is 9.88 Å². The topological polar surface area (TPSA) is 33.2 Å². The fourth-order valence-electron chi connectivity index (χ4n) is 1.57. The molecule has 0 saturated carbocycles. The third-order valence-corrected chi connectivity index (χ3v) is 2.14. The van der Waals surface area contributed by atoms with Gasteiger partial charge in [0.05, 0.1) is 11.3 Å². The highest BCUT2D eigenvalue weighted by molar-refractivity contribution is 6.18. The zero-order chi connectivity index (χ0) is 12.3. The fraction of sp³-hybridized carbons (Fsp3) is 0.385. The van der Waals surface area contributed by atoms with E-state index in [1.54, 1.807) is 6.92 Å². The van der Waals surface area contributed by atoms with Crippen LogP contribution in [0.1, 0.15) is 23.9 Å². The van der Waals surface area contributed by atoms with Gasteiger partial charge < -0.3 is 4.90 Å². The van der Waals surface area contributed by atoms with Gasteiger partial charge in [0, 0.05) is 26.0 Å². The Morgan fingerprint density at radius 2 is 1.94 bits per heavy atom. The summed E-state index contributed by atoms with van der Waals surface area (Å²) >= 11 is 0. The Balaban J connectivity index is 3.27. The van der Waals surface area contributed by atoms with Gasteiger partial charge in [0.1, 0.15) is 0 Å². The molecule has 3 nitrogen and oxygen atoms in total. The number of hydrogen-bond acceptors (Lipinski definition) is 3. The van der Waals surface area contributed by atoms with Gasteiger partial charge in [-0.15, -0.1) is 0 Å². The van der Waals surface area contributed by atoms with E-state index < -0.39 is 0 Å². The van der Waals surface area contributed by atoms with E-state index in [9.17, 15) is 4.79 Å². The van der Waals surface area contributed by atoms with Crippen LogP contribution in [0.15, 0.2) is 18.3 Å². The second kappa shape index (κ2) is 4.92. The first kappa shape index (κ1) is 12.4. The molecule has 1 aromatic rings. The zero-order valence-electron chi connectivity index (χ0n) is 10.5. The molecule has 0 spiro atoms. The molecule has 86 valence electrons. The highest BCUT2D eigenvalue weighted by atomic mass is 16.1. The van der Waals surface area contributed by atoms with Gasteiger partial charge in [-0.2, -0.15) is 0 Å². The second-order valence-corrected chi connectivity index (χ2v) is 4.23. The number of ketones is 1. The Hall–Kier alpha value is -1.64. The summed E-state index contributed by atoms with van der Waals surface area (Å²) in [6, 6.07) is 3.93. The van der Waals surface area contributed by atoms with Crippen LogP contribution < -0.4 is 0 Å². The number of aryl methyl sites for hydroxylation is 2. The average molecular weight is 218 g/mol. The quantitative estimate of drug-likeness (QED) is 0.729. The molecule has 0 saturated heterocycles. The van der Waals surface area contributed by atoms with Gasteiger partial charge in [-0.25, -0.2) is 0 Å². The number of nitrogens with zero attached hydrogens (tertiary/aromatic N) is 2. The maximum atomic E-state index is 11.6. The van der Waals surface area contributed by atoms with Gasteiger partial charge in [-0.3, -0.25) is 9.78 Å². The van der Waals surface area contributed by atoms with Gasteiger partial charge >= 0.3 is 0 Å². The van der Waals surface area contributed by atoms with Crippen LogP contribution >= 0.6 is 0 Å². The van der Waals surface area contributed by atoms with E-state index >= 15 is 0 Å². The van der Waals surface area contributed by atoms with Crippen LogP contribution in [0, 0.1) is 13.8 Å². The molecule has 16 heavy (non-hydrogen) atoms. The summed E-state index contributed by atoms with van der Waals surface area (Å²) in [6.45, 7) is 5.50. The highest BCUT2D eigenvalue weighted by Crippen LogP contribution is 2.16. The molecule has 0 fully saturated rings. The minimum Gasteiger partial charge on any atom is -0.383 e. The normalized spacial score (nSPS) is 11.4. The first-order chi connectivity index (χ1) is 7.40. The molecule has 0 aromatic carbocycles. The van der Waals surface area contributed by atoms with E-state index in [-0.39, 0.29) is 5.78 Å². The number of pyridine rings is 1. The highest BCUT2D eigenvalue weighted by Gasteiger charge is 2.10. The van der Waals surface area contributed by atoms with Crippen molar-refractivity contribution in [2.24, 2.45) is 0 Å². The van der Waals surface area contributed by atoms with Crippen LogP contribution in [0.3, 0.4) is 0 Å². The number of rotatable bonds is 3. The third-order valence-electron chi connectivity index (χ3n) is 2.14. The van der Waals surface area contributed by atoms with Crippen molar-refractivity contribution in [3.8, 4) is 0 Å². The molecule has 0 bridgehead atoms. The van der Waals surface area contributed by atoms with Crippen LogP contribution in [0.4, 0.5) is 0 Å². The lowest BCUT2D eigenvalue weighted by Crippen LogP contribution is -2.08. The van der Waals surface area contributed by atoms with Gasteiger partial charge in [-0.05, 0) is 38.5 Å². The van der Waals surface area contributed by atoms with Crippen molar-refractivity contribution in [3.63, 3.8) is 0 Å². The molecule has 0 atom stereocenters. The van der Waals surface area contributed by atoms with Crippen molar-refractivity contribution >= 4 is 11.4 Å². The Bertz CT molecular complexity index is 413. The van der Waals surface area contributed by atoms with Crippen molar-refractivity contribution in [2.75, 3.05) is 14.1 Å². The Labute approximate surface area is 96.8 Å². The molecule has 1 heterocycles. The first-order valence-corrected chi connectivity index (χ1v) is 5.25. The molecule has 3 heteroatoms. The molecule has 0 unspecified atom stereocenters. The summed E-state index contributed by atoms with van der Waals surface area (Å²) in [5, 5.41) is 0. The van der Waals surface area contributed by atoms with Crippen molar-refractivity contribution in [1.29, 1.82) is 0 Å². The average Bonchev–Trinajstić information content (AvgIpc) is 2.11. The van der Waals surface area contributed by atoms with Crippen LogP contribution in [-0.4, -0.2) is 29.8 Å². The molecule has 0 N–H and O–H groups in total. The molecule has 0 amide bonds. The number of allylic oxidation sites excluding steroid dienone is 1. The van der Waals surface area contributed by atoms with Crippen LogP contribution in [0.5, 0.6) is 0 Å². The maximum Gasteiger partial charge on any atom is 0.163 e. The summed E-state index contributed by atoms with van der Waals surface area (Å²) in [4.78, 5) is 17.8. The fourth-order valence-corrected chi connectivity index (χ4v) is 1.57. The van der Waals surface area contributed by atoms with Crippen molar-refractivity contribution in [2.45, 2.75) is 20.8 Å². The molecule has 1 aromatic heterocycles. The zero-order valence-corrected chi connectivity index (χ0v) is 10.5. The lowest BCUT2D eigenvalue weighted by Gasteiger charge is -2.10. The summed E-state index contributed by atoms with van der Waals surface area (Å²) < 4.78 is 0. The standard InChI is InChI=1S/C13H18N2O/c1-9-6-10(2)14-13(7-9)12(11(3)16)8-15(4)5/h6-8H,1-5H3.